The molecule has 310 valence electrons. The highest BCUT2D eigenvalue weighted by Gasteiger charge is 2.25. The van der Waals surface area contributed by atoms with E-state index in [9.17, 15) is 10.5 Å². The molecule has 0 fully saturated rings. The van der Waals surface area contributed by atoms with Gasteiger partial charge in [0, 0.05) is 49.3 Å². The summed E-state index contributed by atoms with van der Waals surface area (Å²) in [5, 5.41) is 27.4. The summed E-state index contributed by atoms with van der Waals surface area (Å²) in [4.78, 5) is 0. The Hall–Kier alpha value is -9.42. The van der Waals surface area contributed by atoms with Gasteiger partial charge in [-0.1, -0.05) is 140 Å². The second kappa shape index (κ2) is 15.1. The lowest BCUT2D eigenvalue weighted by Gasteiger charge is -2.20. The number of hydrogen-bond acceptors (Lipinski definition) is 2. The smallest absolute Gasteiger partial charge is 0.0992 e. The average Bonchev–Trinajstić information content (AvgIpc) is 4.04. The maximum absolute atomic E-state index is 10.2. The average molecular weight is 852 g/mol. The summed E-state index contributed by atoms with van der Waals surface area (Å²) in [7, 11) is 0. The Balaban J connectivity index is 1.22. The SMILES string of the molecule is N#Cc1cc(C#N)cc(-c2cc(-c3ccccc3)c(-n3c4ccc(-n5c6ccccc6c6ccccc65)cc4c4ccc5c(c6ccccc6n5-c5ccccc5)c43)cc2-c2ccccc2)c1. The molecule has 0 atom stereocenters. The van der Waals surface area contributed by atoms with Crippen LogP contribution in [0.1, 0.15) is 11.1 Å². The molecule has 0 aliphatic heterocycles. The second-order valence-electron chi connectivity index (χ2n) is 17.1. The Morgan fingerprint density at radius 3 is 1.42 bits per heavy atom. The molecule has 0 N–H and O–H groups in total. The Morgan fingerprint density at radius 2 is 0.791 bits per heavy atom. The van der Waals surface area contributed by atoms with E-state index < -0.39 is 0 Å². The fraction of sp³-hybridized carbons (Fsp3) is 0. The summed E-state index contributed by atoms with van der Waals surface area (Å²) in [5.41, 5.74) is 16.7. The molecule has 0 aliphatic carbocycles. The number of fused-ring (bicyclic) bond motifs is 10. The minimum atomic E-state index is 0.442. The van der Waals surface area contributed by atoms with Gasteiger partial charge in [-0.05, 0) is 113 Å². The lowest BCUT2D eigenvalue weighted by atomic mass is 9.88. The molecule has 0 amide bonds. The first-order valence-corrected chi connectivity index (χ1v) is 22.5. The van der Waals surface area contributed by atoms with Gasteiger partial charge in [0.1, 0.15) is 0 Å². The van der Waals surface area contributed by atoms with Crippen LogP contribution in [0.4, 0.5) is 0 Å². The molecule has 0 bridgehead atoms. The third kappa shape index (κ3) is 5.86. The molecule has 3 aromatic heterocycles. The Morgan fingerprint density at radius 1 is 0.299 bits per heavy atom. The molecule has 5 nitrogen and oxygen atoms in total. The highest BCUT2D eigenvalue weighted by Crippen LogP contribution is 2.47. The van der Waals surface area contributed by atoms with Crippen LogP contribution in [0.25, 0.3) is 116 Å². The summed E-state index contributed by atoms with van der Waals surface area (Å²) in [6.07, 6.45) is 0. The predicted molar refractivity (Wildman–Crippen MR) is 275 cm³/mol. The van der Waals surface area contributed by atoms with Crippen molar-refractivity contribution in [1.29, 1.82) is 10.5 Å². The van der Waals surface area contributed by atoms with Gasteiger partial charge in [0.2, 0.25) is 0 Å². The van der Waals surface area contributed by atoms with Gasteiger partial charge in [-0.2, -0.15) is 10.5 Å². The van der Waals surface area contributed by atoms with Crippen LogP contribution in [0, 0.1) is 22.7 Å². The zero-order valence-corrected chi connectivity index (χ0v) is 36.1. The van der Waals surface area contributed by atoms with Crippen molar-refractivity contribution in [2.45, 2.75) is 0 Å². The highest BCUT2D eigenvalue weighted by atomic mass is 15.0. The molecule has 0 saturated carbocycles. The van der Waals surface area contributed by atoms with Crippen LogP contribution < -0.4 is 0 Å². The number of rotatable bonds is 6. The summed E-state index contributed by atoms with van der Waals surface area (Å²) >= 11 is 0. The van der Waals surface area contributed by atoms with Crippen LogP contribution in [0.15, 0.2) is 224 Å². The maximum Gasteiger partial charge on any atom is 0.0992 e. The van der Waals surface area contributed by atoms with E-state index in [-0.39, 0.29) is 0 Å². The van der Waals surface area contributed by atoms with Crippen molar-refractivity contribution >= 4 is 65.4 Å². The van der Waals surface area contributed by atoms with E-state index in [4.69, 9.17) is 0 Å². The Labute approximate surface area is 386 Å². The van der Waals surface area contributed by atoms with Gasteiger partial charge in [0.15, 0.2) is 0 Å². The molecule has 13 rings (SSSR count). The summed E-state index contributed by atoms with van der Waals surface area (Å²) in [5.74, 6) is 0. The van der Waals surface area contributed by atoms with Crippen LogP contribution in [0.5, 0.6) is 0 Å². The molecule has 0 unspecified atom stereocenters. The van der Waals surface area contributed by atoms with Crippen LogP contribution >= 0.6 is 0 Å². The largest absolute Gasteiger partial charge is 0.309 e. The molecule has 10 aromatic carbocycles. The van der Waals surface area contributed by atoms with Gasteiger partial charge in [-0.15, -0.1) is 0 Å². The molecule has 0 aliphatic rings. The topological polar surface area (TPSA) is 62.4 Å². The van der Waals surface area contributed by atoms with Crippen LogP contribution in [0.3, 0.4) is 0 Å². The minimum absolute atomic E-state index is 0.442. The molecule has 0 spiro atoms. The first-order chi connectivity index (χ1) is 33.2. The van der Waals surface area contributed by atoms with E-state index >= 15 is 0 Å². The van der Waals surface area contributed by atoms with Gasteiger partial charge in [-0.3, -0.25) is 0 Å². The summed E-state index contributed by atoms with van der Waals surface area (Å²) in [6.45, 7) is 0. The monoisotopic (exact) mass is 851 g/mol. The van der Waals surface area contributed by atoms with E-state index in [1.165, 1.54) is 10.8 Å². The van der Waals surface area contributed by atoms with Gasteiger partial charge < -0.3 is 13.7 Å². The van der Waals surface area contributed by atoms with Crippen molar-refractivity contribution in [2.75, 3.05) is 0 Å². The standard InChI is InChI=1S/C62H37N5/c63-38-40-32-41(39-64)34-44(33-40)51-36-53(43-18-6-2-7-19-43)60(37-52(51)42-16-4-1-5-17-42)67-58-30-28-46(66-55-25-13-10-22-47(55)48-23-11-14-26-56(48)66)35-54(58)49-29-31-59-61(62(49)67)50-24-12-15-27-57(50)65(59)45-20-8-3-9-21-45/h1-37H. The van der Waals surface area contributed by atoms with Crippen molar-refractivity contribution in [3.8, 4) is 62.6 Å². The van der Waals surface area contributed by atoms with Crippen molar-refractivity contribution in [3.05, 3.63) is 236 Å². The number of aromatic nitrogens is 3. The van der Waals surface area contributed by atoms with Gasteiger partial charge in [0.05, 0.1) is 62.1 Å². The molecular weight excluding hydrogens is 815 g/mol. The summed E-state index contributed by atoms with van der Waals surface area (Å²) < 4.78 is 7.28. The van der Waals surface area contributed by atoms with Gasteiger partial charge in [-0.25, -0.2) is 0 Å². The molecule has 0 radical (unpaired) electrons. The van der Waals surface area contributed by atoms with E-state index in [1.807, 2.05) is 18.2 Å². The molecular formula is C62H37N5. The Kier molecular flexibility index (Phi) is 8.58. The van der Waals surface area contributed by atoms with E-state index in [0.717, 1.165) is 105 Å². The molecule has 0 saturated heterocycles. The fourth-order valence-electron chi connectivity index (χ4n) is 10.6. The minimum Gasteiger partial charge on any atom is -0.309 e. The maximum atomic E-state index is 10.2. The van der Waals surface area contributed by atoms with Gasteiger partial charge >= 0.3 is 0 Å². The van der Waals surface area contributed by atoms with Crippen molar-refractivity contribution < 1.29 is 0 Å². The third-order valence-corrected chi connectivity index (χ3v) is 13.4. The van der Waals surface area contributed by atoms with Crippen molar-refractivity contribution in [3.63, 3.8) is 0 Å². The first kappa shape index (κ1) is 38.1. The lowest BCUT2D eigenvalue weighted by Crippen LogP contribution is -2.01. The van der Waals surface area contributed by atoms with Crippen molar-refractivity contribution in [2.24, 2.45) is 0 Å². The lowest BCUT2D eigenvalue weighted by molar-refractivity contribution is 1.17. The number of nitrogens with zero attached hydrogens (tertiary/aromatic N) is 5. The summed E-state index contributed by atoms with van der Waals surface area (Å²) in [6, 6.07) is 84.0. The third-order valence-electron chi connectivity index (χ3n) is 13.4. The van der Waals surface area contributed by atoms with Crippen molar-refractivity contribution in [1.82, 2.24) is 13.7 Å². The zero-order valence-electron chi connectivity index (χ0n) is 36.1. The van der Waals surface area contributed by atoms with Crippen LogP contribution in [-0.4, -0.2) is 13.7 Å². The highest BCUT2D eigenvalue weighted by molar-refractivity contribution is 6.26. The fourth-order valence-corrected chi connectivity index (χ4v) is 10.6. The zero-order chi connectivity index (χ0) is 44.6. The quantitative estimate of drug-likeness (QED) is 0.167. The predicted octanol–water partition coefficient (Wildman–Crippen LogP) is 15.7. The van der Waals surface area contributed by atoms with Gasteiger partial charge in [0.25, 0.3) is 0 Å². The Bertz CT molecular complexity index is 4130. The molecule has 67 heavy (non-hydrogen) atoms. The van der Waals surface area contributed by atoms with Crippen LogP contribution in [-0.2, 0) is 0 Å². The number of benzene rings is 10. The number of hydrogen-bond donors (Lipinski definition) is 0. The second-order valence-corrected chi connectivity index (χ2v) is 17.1. The molecule has 5 heteroatoms. The number of para-hydroxylation sites is 4. The number of nitriles is 2. The van der Waals surface area contributed by atoms with Crippen LogP contribution in [0.2, 0.25) is 0 Å². The van der Waals surface area contributed by atoms with E-state index in [2.05, 4.69) is 226 Å². The molecule has 13 aromatic rings. The first-order valence-electron chi connectivity index (χ1n) is 22.5. The molecule has 3 heterocycles. The van der Waals surface area contributed by atoms with E-state index in [0.29, 0.717) is 11.1 Å². The normalized spacial score (nSPS) is 11.6. The van der Waals surface area contributed by atoms with E-state index in [1.54, 1.807) is 6.07 Å².